The number of nitrogens with zero attached hydrogens (tertiary/aromatic N) is 3. The second kappa shape index (κ2) is 6.10. The molecule has 0 bridgehead atoms. The zero-order valence-electron chi connectivity index (χ0n) is 11.0. The van der Waals surface area contributed by atoms with Crippen LogP contribution in [0.4, 0.5) is 11.8 Å². The van der Waals surface area contributed by atoms with Crippen molar-refractivity contribution in [2.75, 3.05) is 36.5 Å². The minimum atomic E-state index is 0.316. The first-order chi connectivity index (χ1) is 9.31. The standard InChI is InChI=1S/C13H19AsN4O/c14-10-4-6-18(9-10)12-3-5-15-13(17-12)16-8-11-2-1-7-19-11/h3,5,10-11H,1-2,4,6-9H2,(H,15,16,17)/t10-,11?/m1/s1. The van der Waals surface area contributed by atoms with Gasteiger partial charge in [-0.15, -0.1) is 0 Å². The molecule has 2 fully saturated rings. The molecule has 3 heterocycles. The van der Waals surface area contributed by atoms with Gasteiger partial charge in [-0.2, -0.15) is 0 Å². The van der Waals surface area contributed by atoms with Crippen molar-refractivity contribution in [3.8, 4) is 0 Å². The monoisotopic (exact) mass is 322 g/mol. The zero-order valence-corrected chi connectivity index (χ0v) is 12.8. The maximum atomic E-state index is 5.59. The van der Waals surface area contributed by atoms with Gasteiger partial charge in [0, 0.05) is 0 Å². The van der Waals surface area contributed by atoms with Crippen molar-refractivity contribution in [1.82, 2.24) is 9.97 Å². The SMILES string of the molecule is [As][C@@H]1CCN(c2ccnc(NCC3CCCO3)n2)C1. The van der Waals surface area contributed by atoms with Crippen molar-refractivity contribution in [2.45, 2.75) is 30.1 Å². The molecule has 0 aromatic carbocycles. The number of aromatic nitrogens is 2. The Bertz CT molecular complexity index is 425. The topological polar surface area (TPSA) is 50.3 Å². The number of anilines is 2. The number of rotatable bonds is 4. The van der Waals surface area contributed by atoms with E-state index in [0.29, 0.717) is 16.8 Å². The van der Waals surface area contributed by atoms with Crippen LogP contribution in [0.5, 0.6) is 0 Å². The Labute approximate surface area is 122 Å². The van der Waals surface area contributed by atoms with Gasteiger partial charge in [0.1, 0.15) is 0 Å². The fraction of sp³-hybridized carbons (Fsp3) is 0.692. The maximum absolute atomic E-state index is 5.59. The molecule has 102 valence electrons. The second-order valence-electron chi connectivity index (χ2n) is 5.14. The molecular formula is C13H19AsN4O. The van der Waals surface area contributed by atoms with Crippen molar-refractivity contribution in [2.24, 2.45) is 0 Å². The van der Waals surface area contributed by atoms with Crippen LogP contribution in [-0.2, 0) is 4.74 Å². The molecule has 1 N–H and O–H groups in total. The summed E-state index contributed by atoms with van der Waals surface area (Å²) in [4.78, 5) is 11.2. The van der Waals surface area contributed by atoms with Crippen LogP contribution in [0, 0.1) is 0 Å². The molecule has 2 saturated heterocycles. The van der Waals surface area contributed by atoms with Gasteiger partial charge in [0.05, 0.1) is 0 Å². The van der Waals surface area contributed by atoms with Crippen molar-refractivity contribution >= 4 is 28.6 Å². The summed E-state index contributed by atoms with van der Waals surface area (Å²) < 4.78 is 6.29. The molecular weight excluding hydrogens is 303 g/mol. The van der Waals surface area contributed by atoms with E-state index in [2.05, 4.69) is 37.0 Å². The van der Waals surface area contributed by atoms with Crippen molar-refractivity contribution in [3.05, 3.63) is 12.3 Å². The zero-order chi connectivity index (χ0) is 13.1. The molecule has 1 unspecified atom stereocenters. The second-order valence-corrected chi connectivity index (χ2v) is 6.68. The summed E-state index contributed by atoms with van der Waals surface area (Å²) in [6.45, 7) is 3.84. The predicted molar refractivity (Wildman–Crippen MR) is 75.8 cm³/mol. The molecule has 19 heavy (non-hydrogen) atoms. The number of nitrogens with one attached hydrogen (secondary N) is 1. The first-order valence-electron chi connectivity index (χ1n) is 6.93. The molecule has 3 rings (SSSR count). The van der Waals surface area contributed by atoms with Crippen LogP contribution < -0.4 is 10.2 Å². The van der Waals surface area contributed by atoms with Crippen LogP contribution >= 0.6 is 0 Å². The van der Waals surface area contributed by atoms with E-state index in [1.54, 1.807) is 0 Å². The third-order valence-corrected chi connectivity index (χ3v) is 4.52. The average Bonchev–Trinajstić information content (AvgIpc) is 3.08. The van der Waals surface area contributed by atoms with Crippen LogP contribution in [0.1, 0.15) is 19.3 Å². The van der Waals surface area contributed by atoms with Crippen molar-refractivity contribution < 1.29 is 4.74 Å². The fourth-order valence-corrected chi connectivity index (χ4v) is 3.23. The summed E-state index contributed by atoms with van der Waals surface area (Å²) in [7, 11) is 0. The molecule has 5 nitrogen and oxygen atoms in total. The van der Waals surface area contributed by atoms with E-state index in [0.717, 1.165) is 44.9 Å². The molecule has 1 aromatic rings. The Kier molecular flexibility index (Phi) is 4.24. The molecule has 2 atom stereocenters. The summed E-state index contributed by atoms with van der Waals surface area (Å²) in [5.74, 6) is 1.74. The molecule has 0 saturated carbocycles. The third-order valence-electron chi connectivity index (χ3n) is 3.64. The number of ether oxygens (including phenoxy) is 1. The van der Waals surface area contributed by atoms with Crippen LogP contribution in [0.2, 0.25) is 4.71 Å². The predicted octanol–water partition coefficient (Wildman–Crippen LogP) is 1.23. The van der Waals surface area contributed by atoms with Gasteiger partial charge in [-0.05, 0) is 0 Å². The average molecular weight is 322 g/mol. The van der Waals surface area contributed by atoms with Crippen LogP contribution in [-0.4, -0.2) is 59.2 Å². The van der Waals surface area contributed by atoms with Gasteiger partial charge in [-0.1, -0.05) is 0 Å². The van der Waals surface area contributed by atoms with Gasteiger partial charge in [0.2, 0.25) is 0 Å². The molecule has 0 amide bonds. The van der Waals surface area contributed by atoms with E-state index in [-0.39, 0.29) is 0 Å². The number of hydrogen-bond acceptors (Lipinski definition) is 5. The summed E-state index contributed by atoms with van der Waals surface area (Å²) in [5.41, 5.74) is 0. The van der Waals surface area contributed by atoms with E-state index >= 15 is 0 Å². The summed E-state index contributed by atoms with van der Waals surface area (Å²) in [5, 5.41) is 3.28. The van der Waals surface area contributed by atoms with Crippen LogP contribution in [0.3, 0.4) is 0 Å². The summed E-state index contributed by atoms with van der Waals surface area (Å²) in [6.07, 6.45) is 5.67. The summed E-state index contributed by atoms with van der Waals surface area (Å²) >= 11 is 2.74. The van der Waals surface area contributed by atoms with Crippen LogP contribution in [0.15, 0.2) is 12.3 Å². The molecule has 2 aliphatic heterocycles. The molecule has 2 radical (unpaired) electrons. The third kappa shape index (κ3) is 3.40. The Hall–Kier alpha value is -0.802. The van der Waals surface area contributed by atoms with Gasteiger partial charge in [0.15, 0.2) is 0 Å². The Balaban J connectivity index is 1.59. The van der Waals surface area contributed by atoms with Gasteiger partial charge >= 0.3 is 122 Å². The van der Waals surface area contributed by atoms with E-state index in [1.165, 1.54) is 6.42 Å². The normalized spacial score (nSPS) is 26.9. The van der Waals surface area contributed by atoms with Gasteiger partial charge in [-0.3, -0.25) is 0 Å². The molecule has 1 aromatic heterocycles. The first kappa shape index (κ1) is 13.2. The molecule has 6 heteroatoms. The van der Waals surface area contributed by atoms with E-state index < -0.39 is 0 Å². The van der Waals surface area contributed by atoms with E-state index in [1.807, 2.05) is 12.3 Å². The van der Waals surface area contributed by atoms with Crippen molar-refractivity contribution in [1.29, 1.82) is 0 Å². The van der Waals surface area contributed by atoms with E-state index in [9.17, 15) is 0 Å². The number of hydrogen-bond donors (Lipinski definition) is 1. The minimum absolute atomic E-state index is 0.316. The van der Waals surface area contributed by atoms with Gasteiger partial charge < -0.3 is 0 Å². The molecule has 0 spiro atoms. The van der Waals surface area contributed by atoms with Gasteiger partial charge in [-0.25, -0.2) is 0 Å². The van der Waals surface area contributed by atoms with E-state index in [4.69, 9.17) is 4.74 Å². The molecule has 2 aliphatic rings. The Morgan fingerprint density at radius 1 is 1.47 bits per heavy atom. The summed E-state index contributed by atoms with van der Waals surface area (Å²) in [6, 6.07) is 1.99. The quantitative estimate of drug-likeness (QED) is 0.845. The Morgan fingerprint density at radius 2 is 2.42 bits per heavy atom. The van der Waals surface area contributed by atoms with Gasteiger partial charge in [0.25, 0.3) is 0 Å². The fourth-order valence-electron chi connectivity index (χ4n) is 2.57. The first-order valence-corrected chi connectivity index (χ1v) is 8.01. The Morgan fingerprint density at radius 3 is 3.16 bits per heavy atom. The van der Waals surface area contributed by atoms with Crippen molar-refractivity contribution in [3.63, 3.8) is 0 Å². The van der Waals surface area contributed by atoms with Crippen LogP contribution in [0.25, 0.3) is 0 Å². The molecule has 0 aliphatic carbocycles.